The second-order valence-electron chi connectivity index (χ2n) is 4.79. The molecular formula is C15H12BrCl2N3. The molecule has 0 amide bonds. The summed E-state index contributed by atoms with van der Waals surface area (Å²) in [7, 11) is 0. The molecule has 0 aliphatic rings. The summed E-state index contributed by atoms with van der Waals surface area (Å²) in [6, 6.07) is 9.97. The third kappa shape index (κ3) is 3.07. The standard InChI is InChI=1S/C15H12BrCl2N3/c1-9(17)14-20-13-6-12(18)7-19-15(13)21(14)8-10-2-4-11(16)5-3-10/h2-7,9H,8H2,1H3. The molecule has 0 radical (unpaired) electrons. The van der Waals surface area contributed by atoms with E-state index in [2.05, 4.69) is 38.0 Å². The fourth-order valence-electron chi connectivity index (χ4n) is 2.24. The number of fused-ring (bicyclic) bond motifs is 1. The minimum atomic E-state index is -0.201. The van der Waals surface area contributed by atoms with Gasteiger partial charge in [0.15, 0.2) is 5.65 Å². The number of hydrogen-bond donors (Lipinski definition) is 0. The van der Waals surface area contributed by atoms with Crippen LogP contribution >= 0.6 is 39.1 Å². The van der Waals surface area contributed by atoms with Gasteiger partial charge in [0.1, 0.15) is 11.3 Å². The number of imidazole rings is 1. The van der Waals surface area contributed by atoms with Gasteiger partial charge in [-0.05, 0) is 30.7 Å². The van der Waals surface area contributed by atoms with E-state index >= 15 is 0 Å². The second kappa shape index (κ2) is 5.95. The highest BCUT2D eigenvalue weighted by molar-refractivity contribution is 9.10. The van der Waals surface area contributed by atoms with E-state index < -0.39 is 0 Å². The smallest absolute Gasteiger partial charge is 0.160 e. The van der Waals surface area contributed by atoms with Gasteiger partial charge in [0.25, 0.3) is 0 Å². The van der Waals surface area contributed by atoms with Crippen LogP contribution in [0.25, 0.3) is 11.2 Å². The number of nitrogens with zero attached hydrogens (tertiary/aromatic N) is 3. The quantitative estimate of drug-likeness (QED) is 0.581. The van der Waals surface area contributed by atoms with E-state index in [1.807, 2.05) is 29.7 Å². The molecule has 0 fully saturated rings. The lowest BCUT2D eigenvalue weighted by Gasteiger charge is -2.10. The van der Waals surface area contributed by atoms with Gasteiger partial charge in [-0.15, -0.1) is 11.6 Å². The maximum atomic E-state index is 6.26. The van der Waals surface area contributed by atoms with Gasteiger partial charge in [-0.3, -0.25) is 0 Å². The van der Waals surface area contributed by atoms with Crippen LogP contribution in [0.15, 0.2) is 41.0 Å². The molecule has 0 saturated heterocycles. The molecule has 0 aliphatic heterocycles. The molecule has 0 N–H and O–H groups in total. The van der Waals surface area contributed by atoms with Crippen molar-refractivity contribution in [3.63, 3.8) is 0 Å². The maximum absolute atomic E-state index is 6.26. The van der Waals surface area contributed by atoms with Crippen molar-refractivity contribution in [3.05, 3.63) is 57.4 Å². The summed E-state index contributed by atoms with van der Waals surface area (Å²) >= 11 is 15.7. The van der Waals surface area contributed by atoms with Crippen molar-refractivity contribution in [1.82, 2.24) is 14.5 Å². The Kier molecular flexibility index (Phi) is 4.20. The molecule has 2 heterocycles. The third-order valence-electron chi connectivity index (χ3n) is 3.19. The van der Waals surface area contributed by atoms with Crippen LogP contribution < -0.4 is 0 Å². The molecule has 3 aromatic rings. The van der Waals surface area contributed by atoms with Crippen LogP contribution in [-0.2, 0) is 6.54 Å². The number of benzene rings is 1. The minimum absolute atomic E-state index is 0.201. The summed E-state index contributed by atoms with van der Waals surface area (Å²) < 4.78 is 3.09. The van der Waals surface area contributed by atoms with Crippen molar-refractivity contribution in [3.8, 4) is 0 Å². The normalized spacial score (nSPS) is 12.8. The van der Waals surface area contributed by atoms with Gasteiger partial charge in [-0.25, -0.2) is 9.97 Å². The van der Waals surface area contributed by atoms with E-state index in [1.54, 1.807) is 6.20 Å². The van der Waals surface area contributed by atoms with Crippen molar-refractivity contribution in [2.75, 3.05) is 0 Å². The SMILES string of the molecule is CC(Cl)c1nc2cc(Cl)cnc2n1Cc1ccc(Br)cc1. The maximum Gasteiger partial charge on any atom is 0.160 e. The van der Waals surface area contributed by atoms with Crippen LogP contribution in [-0.4, -0.2) is 14.5 Å². The molecule has 108 valence electrons. The Hall–Kier alpha value is -1.10. The average molecular weight is 385 g/mol. The first-order chi connectivity index (χ1) is 10.0. The van der Waals surface area contributed by atoms with E-state index in [9.17, 15) is 0 Å². The van der Waals surface area contributed by atoms with Crippen LogP contribution in [0.1, 0.15) is 23.7 Å². The number of hydrogen-bond acceptors (Lipinski definition) is 2. The third-order valence-corrected chi connectivity index (χ3v) is 4.12. The molecule has 2 aromatic heterocycles. The molecule has 0 saturated carbocycles. The predicted octanol–water partition coefficient (Wildman–Crippen LogP) is 5.20. The fraction of sp³-hybridized carbons (Fsp3) is 0.200. The van der Waals surface area contributed by atoms with Gasteiger partial charge in [0.05, 0.1) is 16.9 Å². The van der Waals surface area contributed by atoms with E-state index in [1.165, 1.54) is 0 Å². The Balaban J connectivity index is 2.10. The van der Waals surface area contributed by atoms with Crippen molar-refractivity contribution < 1.29 is 0 Å². The second-order valence-corrected chi connectivity index (χ2v) is 6.80. The first-order valence-electron chi connectivity index (χ1n) is 6.45. The number of rotatable bonds is 3. The summed E-state index contributed by atoms with van der Waals surface area (Å²) in [6.45, 7) is 2.58. The van der Waals surface area contributed by atoms with Crippen LogP contribution in [0.2, 0.25) is 5.02 Å². The largest absolute Gasteiger partial charge is 0.307 e. The van der Waals surface area contributed by atoms with Crippen LogP contribution in [0.5, 0.6) is 0 Å². The molecule has 21 heavy (non-hydrogen) atoms. The lowest BCUT2D eigenvalue weighted by molar-refractivity contribution is 0.736. The van der Waals surface area contributed by atoms with E-state index in [0.717, 1.165) is 27.0 Å². The molecule has 3 rings (SSSR count). The van der Waals surface area contributed by atoms with Crippen LogP contribution in [0, 0.1) is 0 Å². The molecule has 6 heteroatoms. The summed E-state index contributed by atoms with van der Waals surface area (Å²) in [5, 5.41) is 0.373. The lowest BCUT2D eigenvalue weighted by atomic mass is 10.2. The average Bonchev–Trinajstić information content (AvgIpc) is 2.79. The Morgan fingerprint density at radius 1 is 1.29 bits per heavy atom. The van der Waals surface area contributed by atoms with Crippen molar-refractivity contribution in [2.45, 2.75) is 18.8 Å². The Labute approximate surface area is 141 Å². The monoisotopic (exact) mass is 383 g/mol. The molecule has 1 unspecified atom stereocenters. The fourth-order valence-corrected chi connectivity index (χ4v) is 2.82. The first kappa shape index (κ1) is 14.8. The highest BCUT2D eigenvalue weighted by atomic mass is 79.9. The van der Waals surface area contributed by atoms with E-state index in [-0.39, 0.29) is 5.38 Å². The van der Waals surface area contributed by atoms with E-state index in [4.69, 9.17) is 23.2 Å². The summed E-state index contributed by atoms with van der Waals surface area (Å²) in [5.74, 6) is 0.796. The summed E-state index contributed by atoms with van der Waals surface area (Å²) in [6.07, 6.45) is 1.63. The first-order valence-corrected chi connectivity index (χ1v) is 8.05. The molecule has 0 spiro atoms. The topological polar surface area (TPSA) is 30.7 Å². The predicted molar refractivity (Wildman–Crippen MR) is 90.1 cm³/mol. The van der Waals surface area contributed by atoms with Gasteiger partial charge < -0.3 is 4.57 Å². The summed E-state index contributed by atoms with van der Waals surface area (Å²) in [5.41, 5.74) is 2.72. The zero-order valence-electron chi connectivity index (χ0n) is 11.2. The minimum Gasteiger partial charge on any atom is -0.307 e. The van der Waals surface area contributed by atoms with Crippen LogP contribution in [0.4, 0.5) is 0 Å². The Bertz CT molecular complexity index is 781. The number of pyridine rings is 1. The number of alkyl halides is 1. The molecule has 1 atom stereocenters. The molecule has 1 aromatic carbocycles. The van der Waals surface area contributed by atoms with E-state index in [0.29, 0.717) is 11.6 Å². The molecule has 0 bridgehead atoms. The van der Waals surface area contributed by atoms with Gasteiger partial charge in [0, 0.05) is 10.7 Å². The summed E-state index contributed by atoms with van der Waals surface area (Å²) in [4.78, 5) is 8.96. The van der Waals surface area contributed by atoms with Crippen molar-refractivity contribution in [1.29, 1.82) is 0 Å². The Morgan fingerprint density at radius 2 is 2.00 bits per heavy atom. The molecule has 3 nitrogen and oxygen atoms in total. The zero-order valence-corrected chi connectivity index (χ0v) is 14.3. The van der Waals surface area contributed by atoms with Gasteiger partial charge in [-0.1, -0.05) is 39.7 Å². The number of aromatic nitrogens is 3. The molecular weight excluding hydrogens is 373 g/mol. The number of halogens is 3. The lowest BCUT2D eigenvalue weighted by Crippen LogP contribution is -2.06. The zero-order chi connectivity index (χ0) is 15.0. The highest BCUT2D eigenvalue weighted by Gasteiger charge is 2.16. The van der Waals surface area contributed by atoms with Gasteiger partial charge in [0.2, 0.25) is 0 Å². The van der Waals surface area contributed by atoms with Crippen LogP contribution in [0.3, 0.4) is 0 Å². The van der Waals surface area contributed by atoms with Gasteiger partial charge in [-0.2, -0.15) is 0 Å². The Morgan fingerprint density at radius 3 is 2.67 bits per heavy atom. The van der Waals surface area contributed by atoms with Crippen molar-refractivity contribution in [2.24, 2.45) is 0 Å². The highest BCUT2D eigenvalue weighted by Crippen LogP contribution is 2.26. The van der Waals surface area contributed by atoms with Crippen molar-refractivity contribution >= 4 is 50.3 Å². The van der Waals surface area contributed by atoms with Gasteiger partial charge >= 0.3 is 0 Å². The molecule has 0 aliphatic carbocycles.